The lowest BCUT2D eigenvalue weighted by Gasteiger charge is -2.35. The number of hydrogen-bond donors (Lipinski definition) is 3. The number of nitrogens with one attached hydrogen (secondary N) is 2. The average molecular weight is 544 g/mol. The summed E-state index contributed by atoms with van der Waals surface area (Å²) >= 11 is 0. The van der Waals surface area contributed by atoms with Crippen LogP contribution in [-0.2, 0) is 20.7 Å². The number of amides is 2. The van der Waals surface area contributed by atoms with Crippen LogP contribution in [0.15, 0.2) is 30.3 Å². The van der Waals surface area contributed by atoms with Crippen molar-refractivity contribution >= 4 is 36.6 Å². The van der Waals surface area contributed by atoms with Gasteiger partial charge in [0.25, 0.3) is 0 Å². The maximum atomic E-state index is 13.2. The van der Waals surface area contributed by atoms with Gasteiger partial charge in [0.05, 0.1) is 5.54 Å². The number of nitrogens with zero attached hydrogens (tertiary/aromatic N) is 1. The molecule has 3 fully saturated rings. The highest BCUT2D eigenvalue weighted by molar-refractivity contribution is 5.92. The van der Waals surface area contributed by atoms with Crippen LogP contribution in [-0.4, -0.2) is 67.7 Å². The summed E-state index contributed by atoms with van der Waals surface area (Å²) < 4.78 is 5.48. The average Bonchev–Trinajstić information content (AvgIpc) is 3.32. The second kappa shape index (κ2) is 15.1. The van der Waals surface area contributed by atoms with E-state index in [4.69, 9.17) is 10.5 Å². The topological polar surface area (TPSA) is 96.7 Å². The Bertz CT molecular complexity index is 793. The third kappa shape index (κ3) is 8.88. The molecule has 2 amide bonds. The number of halogens is 2. The molecule has 7 nitrogen and oxygen atoms in total. The number of ether oxygens (including phenoxy) is 1. The molecule has 4 rings (SSSR count). The fourth-order valence-corrected chi connectivity index (χ4v) is 5.63. The lowest BCUT2D eigenvalue weighted by Crippen LogP contribution is -2.58. The van der Waals surface area contributed by atoms with Crippen molar-refractivity contribution in [3.63, 3.8) is 0 Å². The zero-order chi connectivity index (χ0) is 23.8. The summed E-state index contributed by atoms with van der Waals surface area (Å²) in [6.45, 7) is 5.83. The van der Waals surface area contributed by atoms with E-state index in [2.05, 4.69) is 15.5 Å². The number of nitrogens with two attached hydrogens (primary N) is 1. The number of piperidine rings is 1. The lowest BCUT2D eigenvalue weighted by atomic mass is 9.93. The Labute approximate surface area is 228 Å². The maximum Gasteiger partial charge on any atom is 0.242 e. The molecule has 0 aromatic heterocycles. The molecular formula is C27H44Cl2N4O3. The molecular weight excluding hydrogens is 499 g/mol. The molecule has 1 atom stereocenters. The number of benzene rings is 1. The minimum Gasteiger partial charge on any atom is -0.381 e. The highest BCUT2D eigenvalue weighted by atomic mass is 35.5. The molecule has 1 saturated carbocycles. The summed E-state index contributed by atoms with van der Waals surface area (Å²) in [5, 5.41) is 6.14. The van der Waals surface area contributed by atoms with E-state index in [-0.39, 0.29) is 36.6 Å². The van der Waals surface area contributed by atoms with Crippen LogP contribution < -0.4 is 16.4 Å². The van der Waals surface area contributed by atoms with Gasteiger partial charge in [-0.25, -0.2) is 0 Å². The second-order valence-electron chi connectivity index (χ2n) is 10.6. The smallest absolute Gasteiger partial charge is 0.242 e. The molecule has 9 heteroatoms. The summed E-state index contributed by atoms with van der Waals surface area (Å²) in [5.74, 6) is 0.947. The van der Waals surface area contributed by atoms with E-state index >= 15 is 0 Å². The minimum absolute atomic E-state index is 0. The van der Waals surface area contributed by atoms with Crippen LogP contribution in [0.25, 0.3) is 0 Å². The van der Waals surface area contributed by atoms with Crippen LogP contribution >= 0.6 is 24.8 Å². The van der Waals surface area contributed by atoms with Crippen molar-refractivity contribution in [3.05, 3.63) is 35.9 Å². The van der Waals surface area contributed by atoms with E-state index in [0.717, 1.165) is 63.5 Å². The van der Waals surface area contributed by atoms with E-state index in [1.54, 1.807) is 0 Å². The SMILES string of the molecule is Cl.Cl.NC1(C(=O)N[C@H](Cc2ccccc2)C(=O)NCC2CCN(CC3CCOCC3)CC2)CCCC1. The van der Waals surface area contributed by atoms with Gasteiger partial charge >= 0.3 is 0 Å². The zero-order valence-corrected chi connectivity index (χ0v) is 22.9. The number of carbonyl (C=O) groups is 2. The largest absolute Gasteiger partial charge is 0.381 e. The Kier molecular flexibility index (Phi) is 13.0. The van der Waals surface area contributed by atoms with Crippen LogP contribution in [0.2, 0.25) is 0 Å². The molecule has 36 heavy (non-hydrogen) atoms. The van der Waals surface area contributed by atoms with Crippen LogP contribution in [0.3, 0.4) is 0 Å². The molecule has 4 N–H and O–H groups in total. The molecule has 2 heterocycles. The molecule has 3 aliphatic rings. The monoisotopic (exact) mass is 542 g/mol. The van der Waals surface area contributed by atoms with Crippen molar-refractivity contribution in [1.82, 2.24) is 15.5 Å². The molecule has 1 aliphatic carbocycles. The lowest BCUT2D eigenvalue weighted by molar-refractivity contribution is -0.132. The third-order valence-electron chi connectivity index (χ3n) is 7.98. The van der Waals surface area contributed by atoms with Crippen LogP contribution in [0.5, 0.6) is 0 Å². The van der Waals surface area contributed by atoms with Crippen LogP contribution in [0.1, 0.15) is 56.9 Å². The molecule has 204 valence electrons. The molecule has 0 unspecified atom stereocenters. The molecule has 1 aromatic carbocycles. The van der Waals surface area contributed by atoms with Gasteiger partial charge in [-0.3, -0.25) is 9.59 Å². The third-order valence-corrected chi connectivity index (χ3v) is 7.98. The standard InChI is InChI=1S/C27H42N4O3.2ClH/c28-27(12-4-5-13-27)26(33)30-24(18-21-6-2-1-3-7-21)25(32)29-19-22-8-14-31(15-9-22)20-23-10-16-34-17-11-23;;/h1-3,6-7,22-24H,4-5,8-20,28H2,(H,29,32)(H,30,33);2*1H/t24-;;/m1../s1. The maximum absolute atomic E-state index is 13.2. The van der Waals surface area contributed by atoms with Gasteiger partial charge in [-0.15, -0.1) is 24.8 Å². The fraction of sp³-hybridized carbons (Fsp3) is 0.704. The van der Waals surface area contributed by atoms with Crippen molar-refractivity contribution in [1.29, 1.82) is 0 Å². The zero-order valence-electron chi connectivity index (χ0n) is 21.3. The first-order chi connectivity index (χ1) is 16.5. The first kappa shape index (κ1) is 30.8. The highest BCUT2D eigenvalue weighted by Gasteiger charge is 2.38. The Morgan fingerprint density at radius 3 is 2.28 bits per heavy atom. The van der Waals surface area contributed by atoms with Gasteiger partial charge in [0.2, 0.25) is 11.8 Å². The Hall–Kier alpha value is -1.38. The molecule has 0 radical (unpaired) electrons. The van der Waals surface area contributed by atoms with E-state index in [9.17, 15) is 9.59 Å². The predicted octanol–water partition coefficient (Wildman–Crippen LogP) is 3.08. The summed E-state index contributed by atoms with van der Waals surface area (Å²) in [4.78, 5) is 28.7. The van der Waals surface area contributed by atoms with Gasteiger partial charge < -0.3 is 26.0 Å². The first-order valence-electron chi connectivity index (χ1n) is 13.2. The first-order valence-corrected chi connectivity index (χ1v) is 13.2. The van der Waals surface area contributed by atoms with E-state index in [1.807, 2.05) is 30.3 Å². The molecule has 1 aromatic rings. The quantitative estimate of drug-likeness (QED) is 0.445. The van der Waals surface area contributed by atoms with Gasteiger partial charge in [0, 0.05) is 32.7 Å². The van der Waals surface area contributed by atoms with Crippen molar-refractivity contribution < 1.29 is 14.3 Å². The van der Waals surface area contributed by atoms with Gasteiger partial charge in [0.15, 0.2) is 0 Å². The van der Waals surface area contributed by atoms with E-state index < -0.39 is 11.6 Å². The number of carbonyl (C=O) groups excluding carboxylic acids is 2. The molecule has 0 spiro atoms. The van der Waals surface area contributed by atoms with Gasteiger partial charge in [-0.05, 0) is 69.0 Å². The number of rotatable bonds is 9. The minimum atomic E-state index is -0.841. The Balaban J connectivity index is 0.00000228. The predicted molar refractivity (Wildman–Crippen MR) is 148 cm³/mol. The van der Waals surface area contributed by atoms with E-state index in [1.165, 1.54) is 19.4 Å². The van der Waals surface area contributed by atoms with Crippen LogP contribution in [0.4, 0.5) is 0 Å². The Morgan fingerprint density at radius 2 is 1.64 bits per heavy atom. The van der Waals surface area contributed by atoms with Crippen molar-refractivity contribution in [3.8, 4) is 0 Å². The molecule has 0 bridgehead atoms. The van der Waals surface area contributed by atoms with Crippen molar-refractivity contribution in [2.45, 2.75) is 69.4 Å². The summed E-state index contributed by atoms with van der Waals surface area (Å²) in [5.41, 5.74) is 6.55. The summed E-state index contributed by atoms with van der Waals surface area (Å²) in [6.07, 6.45) is 8.33. The molecule has 2 saturated heterocycles. The van der Waals surface area contributed by atoms with Crippen molar-refractivity contribution in [2.24, 2.45) is 17.6 Å². The number of likely N-dealkylation sites (tertiary alicyclic amines) is 1. The molecule has 2 aliphatic heterocycles. The van der Waals surface area contributed by atoms with Gasteiger partial charge in [-0.2, -0.15) is 0 Å². The second-order valence-corrected chi connectivity index (χ2v) is 10.6. The van der Waals surface area contributed by atoms with E-state index in [0.29, 0.717) is 31.7 Å². The normalized spacial score (nSPS) is 21.6. The number of hydrogen-bond acceptors (Lipinski definition) is 5. The summed E-state index contributed by atoms with van der Waals surface area (Å²) in [6, 6.07) is 9.26. The van der Waals surface area contributed by atoms with Crippen molar-refractivity contribution in [2.75, 3.05) is 39.4 Å². The Morgan fingerprint density at radius 1 is 1.00 bits per heavy atom. The summed E-state index contributed by atoms with van der Waals surface area (Å²) in [7, 11) is 0. The van der Waals surface area contributed by atoms with Gasteiger partial charge in [0.1, 0.15) is 6.04 Å². The van der Waals surface area contributed by atoms with Gasteiger partial charge in [-0.1, -0.05) is 43.2 Å². The van der Waals surface area contributed by atoms with Crippen LogP contribution in [0, 0.1) is 11.8 Å². The highest BCUT2D eigenvalue weighted by Crippen LogP contribution is 2.27. The fourth-order valence-electron chi connectivity index (χ4n) is 5.63.